The summed E-state index contributed by atoms with van der Waals surface area (Å²) in [4.78, 5) is 0. The summed E-state index contributed by atoms with van der Waals surface area (Å²) in [5, 5.41) is 0. The quantitative estimate of drug-likeness (QED) is 0.667. The Bertz CT molecular complexity index is 373. The summed E-state index contributed by atoms with van der Waals surface area (Å²) in [5.74, 6) is -0.699. The van der Waals surface area contributed by atoms with Crippen LogP contribution in [0, 0.1) is 5.92 Å². The molecule has 0 unspecified atom stereocenters. The number of rotatable bonds is 4. The Morgan fingerprint density at radius 1 is 1.27 bits per heavy atom. The zero-order chi connectivity index (χ0) is 11.7. The van der Waals surface area contributed by atoms with Crippen LogP contribution in [0.15, 0.2) is 0 Å². The third-order valence-electron chi connectivity index (χ3n) is 2.45. The second-order valence-electron chi connectivity index (χ2n) is 3.94. The van der Waals surface area contributed by atoms with Crippen LogP contribution in [-0.2, 0) is 20.1 Å². The van der Waals surface area contributed by atoms with E-state index < -0.39 is 20.1 Å². The van der Waals surface area contributed by atoms with Crippen molar-refractivity contribution in [3.63, 3.8) is 0 Å². The van der Waals surface area contributed by atoms with Gasteiger partial charge in [-0.05, 0) is 18.8 Å². The Hall–Kier alpha value is -0.180. The first-order valence-corrected chi connectivity index (χ1v) is 8.10. The van der Waals surface area contributed by atoms with Crippen molar-refractivity contribution in [2.45, 2.75) is 25.3 Å². The number of hydrogen-bond donors (Lipinski definition) is 2. The average molecular weight is 257 g/mol. The zero-order valence-electron chi connectivity index (χ0n) is 8.38. The Kier molecular flexibility index (Phi) is 3.75. The second-order valence-corrected chi connectivity index (χ2v) is 7.21. The lowest BCUT2D eigenvalue weighted by Gasteiger charge is -2.18. The summed E-state index contributed by atoms with van der Waals surface area (Å²) in [6.45, 7) is 0. The Morgan fingerprint density at radius 3 is 2.33 bits per heavy atom. The molecule has 0 aromatic heterocycles. The fourth-order valence-corrected chi connectivity index (χ4v) is 3.74. The maximum atomic E-state index is 11.0. The fraction of sp³-hybridized carbons (Fsp3) is 1.00. The molecular formula is C7H15NO5S2. The molecule has 1 aliphatic carbocycles. The van der Waals surface area contributed by atoms with Crippen LogP contribution in [0.3, 0.4) is 0 Å². The molecule has 0 aliphatic heterocycles. The van der Waals surface area contributed by atoms with Gasteiger partial charge in [0.25, 0.3) is 10.1 Å². The van der Waals surface area contributed by atoms with E-state index in [-0.39, 0.29) is 17.7 Å². The molecule has 1 saturated carbocycles. The number of nitrogens with one attached hydrogen (secondary N) is 1. The van der Waals surface area contributed by atoms with Crippen LogP contribution in [0.4, 0.5) is 0 Å². The molecular weight excluding hydrogens is 242 g/mol. The van der Waals surface area contributed by atoms with E-state index in [0.29, 0.717) is 12.8 Å². The molecule has 6 nitrogen and oxygen atoms in total. The Labute approximate surface area is 89.9 Å². The summed E-state index contributed by atoms with van der Waals surface area (Å²) in [5.41, 5.74) is 0. The van der Waals surface area contributed by atoms with Gasteiger partial charge in [0.15, 0.2) is 0 Å². The Morgan fingerprint density at radius 2 is 1.87 bits per heavy atom. The van der Waals surface area contributed by atoms with Crippen LogP contribution < -0.4 is 4.72 Å². The predicted octanol–water partition coefficient (Wildman–Crippen LogP) is -0.408. The minimum absolute atomic E-state index is 0.324. The molecule has 0 aromatic rings. The van der Waals surface area contributed by atoms with Gasteiger partial charge in [-0.3, -0.25) is 4.55 Å². The van der Waals surface area contributed by atoms with Gasteiger partial charge in [0, 0.05) is 6.04 Å². The van der Waals surface area contributed by atoms with Crippen LogP contribution in [-0.4, -0.2) is 39.4 Å². The highest BCUT2D eigenvalue weighted by Crippen LogP contribution is 2.27. The molecule has 0 radical (unpaired) electrons. The van der Waals surface area contributed by atoms with Gasteiger partial charge >= 0.3 is 0 Å². The first-order chi connectivity index (χ1) is 6.67. The summed E-state index contributed by atoms with van der Waals surface area (Å²) < 4.78 is 54.4. The molecule has 15 heavy (non-hydrogen) atoms. The summed E-state index contributed by atoms with van der Waals surface area (Å²) in [7, 11) is -7.35. The zero-order valence-corrected chi connectivity index (χ0v) is 10.0. The third kappa shape index (κ3) is 4.92. The largest absolute Gasteiger partial charge is 0.286 e. The van der Waals surface area contributed by atoms with Crippen LogP contribution in [0.25, 0.3) is 0 Å². The SMILES string of the molecule is CS(=O)(=O)N[C@@H]1CCC[C@@H]1CS(=O)(=O)O. The van der Waals surface area contributed by atoms with Crippen molar-refractivity contribution in [3.8, 4) is 0 Å². The van der Waals surface area contributed by atoms with Gasteiger partial charge in [-0.15, -0.1) is 0 Å². The first kappa shape index (κ1) is 12.9. The first-order valence-electron chi connectivity index (χ1n) is 4.60. The van der Waals surface area contributed by atoms with Crippen molar-refractivity contribution in [1.82, 2.24) is 4.72 Å². The third-order valence-corrected chi connectivity index (χ3v) is 4.03. The molecule has 0 saturated heterocycles. The monoisotopic (exact) mass is 257 g/mol. The minimum atomic E-state index is -4.03. The number of sulfonamides is 1. The van der Waals surface area contributed by atoms with Crippen molar-refractivity contribution in [1.29, 1.82) is 0 Å². The van der Waals surface area contributed by atoms with E-state index in [9.17, 15) is 16.8 Å². The van der Waals surface area contributed by atoms with E-state index in [4.69, 9.17) is 4.55 Å². The van der Waals surface area contributed by atoms with Gasteiger partial charge in [-0.25, -0.2) is 13.1 Å². The summed E-state index contributed by atoms with van der Waals surface area (Å²) >= 11 is 0. The van der Waals surface area contributed by atoms with E-state index >= 15 is 0 Å². The smallest absolute Gasteiger partial charge is 0.265 e. The maximum Gasteiger partial charge on any atom is 0.265 e. The lowest BCUT2D eigenvalue weighted by atomic mass is 10.1. The topological polar surface area (TPSA) is 101 Å². The molecule has 0 spiro atoms. The van der Waals surface area contributed by atoms with Gasteiger partial charge in [0.1, 0.15) is 0 Å². The van der Waals surface area contributed by atoms with Crippen molar-refractivity contribution in [3.05, 3.63) is 0 Å². The van der Waals surface area contributed by atoms with Crippen LogP contribution >= 0.6 is 0 Å². The van der Waals surface area contributed by atoms with Crippen LogP contribution in [0.2, 0.25) is 0 Å². The van der Waals surface area contributed by atoms with Gasteiger partial charge < -0.3 is 0 Å². The summed E-state index contributed by atoms with van der Waals surface area (Å²) in [6, 6.07) is -0.373. The predicted molar refractivity (Wildman–Crippen MR) is 55.5 cm³/mol. The molecule has 0 aromatic carbocycles. The lowest BCUT2D eigenvalue weighted by molar-refractivity contribution is 0.437. The van der Waals surface area contributed by atoms with Crippen molar-refractivity contribution >= 4 is 20.1 Å². The molecule has 0 heterocycles. The van der Waals surface area contributed by atoms with Gasteiger partial charge in [0.2, 0.25) is 10.0 Å². The number of hydrogen-bond acceptors (Lipinski definition) is 4. The molecule has 8 heteroatoms. The van der Waals surface area contributed by atoms with E-state index in [2.05, 4.69) is 4.72 Å². The van der Waals surface area contributed by atoms with Gasteiger partial charge in [-0.1, -0.05) is 6.42 Å². The van der Waals surface area contributed by atoms with Gasteiger partial charge in [-0.2, -0.15) is 8.42 Å². The van der Waals surface area contributed by atoms with Crippen LogP contribution in [0.1, 0.15) is 19.3 Å². The van der Waals surface area contributed by atoms with E-state index in [0.717, 1.165) is 12.7 Å². The van der Waals surface area contributed by atoms with Gasteiger partial charge in [0.05, 0.1) is 12.0 Å². The highest BCUT2D eigenvalue weighted by Gasteiger charge is 2.32. The van der Waals surface area contributed by atoms with Crippen molar-refractivity contribution < 1.29 is 21.4 Å². The van der Waals surface area contributed by atoms with Crippen molar-refractivity contribution in [2.24, 2.45) is 5.92 Å². The summed E-state index contributed by atoms with van der Waals surface area (Å²) in [6.07, 6.45) is 3.05. The minimum Gasteiger partial charge on any atom is -0.286 e. The normalized spacial score (nSPS) is 28.1. The standard InChI is InChI=1S/C7H15NO5S2/c1-14(9,10)8-7-4-2-3-6(7)5-15(11,12)13/h6-8H,2-5H2,1H3,(H,11,12,13)/t6-,7-/m1/s1. The molecule has 2 atom stereocenters. The molecule has 2 N–H and O–H groups in total. The second kappa shape index (κ2) is 4.36. The highest BCUT2D eigenvalue weighted by atomic mass is 32.2. The molecule has 90 valence electrons. The van der Waals surface area contributed by atoms with E-state index in [1.165, 1.54) is 0 Å². The molecule has 1 fully saturated rings. The Balaban J connectivity index is 2.66. The molecule has 0 bridgehead atoms. The maximum absolute atomic E-state index is 11.0. The van der Waals surface area contributed by atoms with Crippen molar-refractivity contribution in [2.75, 3.05) is 12.0 Å². The fourth-order valence-electron chi connectivity index (χ4n) is 1.94. The lowest BCUT2D eigenvalue weighted by Crippen LogP contribution is -2.38. The molecule has 1 aliphatic rings. The van der Waals surface area contributed by atoms with Crippen LogP contribution in [0.5, 0.6) is 0 Å². The highest BCUT2D eigenvalue weighted by molar-refractivity contribution is 7.88. The van der Waals surface area contributed by atoms with E-state index in [1.54, 1.807) is 0 Å². The van der Waals surface area contributed by atoms with E-state index in [1.807, 2.05) is 0 Å². The average Bonchev–Trinajstić information content (AvgIpc) is 2.29. The molecule has 1 rings (SSSR count). The molecule has 0 amide bonds.